The highest BCUT2D eigenvalue weighted by atomic mass is 15.3. The van der Waals surface area contributed by atoms with Crippen LogP contribution in [0.15, 0.2) is 0 Å². The van der Waals surface area contributed by atoms with Gasteiger partial charge in [0.25, 0.3) is 0 Å². The third-order valence-electron chi connectivity index (χ3n) is 6.11. The van der Waals surface area contributed by atoms with Crippen molar-refractivity contribution >= 4 is 0 Å². The van der Waals surface area contributed by atoms with Gasteiger partial charge < -0.3 is 5.32 Å². The van der Waals surface area contributed by atoms with Crippen molar-refractivity contribution in [1.82, 2.24) is 10.2 Å². The van der Waals surface area contributed by atoms with E-state index < -0.39 is 0 Å². The Morgan fingerprint density at radius 2 is 1.80 bits per heavy atom. The van der Waals surface area contributed by atoms with Crippen LogP contribution in [0.2, 0.25) is 0 Å². The second-order valence-corrected chi connectivity index (χ2v) is 7.86. The Labute approximate surface area is 126 Å². The molecule has 2 unspecified atom stereocenters. The molecule has 0 amide bonds. The van der Waals surface area contributed by atoms with Gasteiger partial charge in [-0.25, -0.2) is 0 Å². The van der Waals surface area contributed by atoms with E-state index in [0.29, 0.717) is 5.54 Å². The van der Waals surface area contributed by atoms with Gasteiger partial charge in [0, 0.05) is 30.7 Å². The molecule has 1 aliphatic heterocycles. The van der Waals surface area contributed by atoms with E-state index in [0.717, 1.165) is 23.9 Å². The lowest BCUT2D eigenvalue weighted by Gasteiger charge is -2.52. The Balaban J connectivity index is 2.04. The predicted molar refractivity (Wildman–Crippen MR) is 88.1 cm³/mol. The Morgan fingerprint density at radius 3 is 2.30 bits per heavy atom. The molecule has 0 aromatic rings. The minimum Gasteiger partial charge on any atom is -0.309 e. The number of piperazine rings is 1. The predicted octanol–water partition coefficient (Wildman–Crippen LogP) is 4.05. The molecule has 1 N–H and O–H groups in total. The van der Waals surface area contributed by atoms with Gasteiger partial charge in [-0.2, -0.15) is 0 Å². The van der Waals surface area contributed by atoms with Gasteiger partial charge in [-0.15, -0.1) is 0 Å². The van der Waals surface area contributed by atoms with Crippen molar-refractivity contribution in [2.45, 2.75) is 90.8 Å². The Kier molecular flexibility index (Phi) is 5.53. The average molecular weight is 281 g/mol. The summed E-state index contributed by atoms with van der Waals surface area (Å²) in [4.78, 5) is 2.89. The summed E-state index contributed by atoms with van der Waals surface area (Å²) in [6, 6.07) is 1.58. The van der Waals surface area contributed by atoms with E-state index in [2.05, 4.69) is 44.8 Å². The van der Waals surface area contributed by atoms with E-state index >= 15 is 0 Å². The van der Waals surface area contributed by atoms with Gasteiger partial charge >= 0.3 is 0 Å². The summed E-state index contributed by atoms with van der Waals surface area (Å²) < 4.78 is 0. The molecule has 1 heterocycles. The minimum atomic E-state index is 0.326. The lowest BCUT2D eigenvalue weighted by molar-refractivity contribution is 0.00617. The van der Waals surface area contributed by atoms with Crippen molar-refractivity contribution in [3.05, 3.63) is 0 Å². The highest BCUT2D eigenvalue weighted by molar-refractivity contribution is 4.98. The van der Waals surface area contributed by atoms with E-state index in [1.54, 1.807) is 0 Å². The molecule has 0 aromatic heterocycles. The van der Waals surface area contributed by atoms with Crippen LogP contribution in [0.5, 0.6) is 0 Å². The SMILES string of the molecule is CCC1CCC(N2CC(C)(CC)NCC2C(C)C)CC1. The molecule has 20 heavy (non-hydrogen) atoms. The molecule has 0 radical (unpaired) electrons. The Morgan fingerprint density at radius 1 is 1.15 bits per heavy atom. The van der Waals surface area contributed by atoms with Gasteiger partial charge in [-0.1, -0.05) is 34.1 Å². The number of nitrogens with one attached hydrogen (secondary N) is 1. The molecule has 2 atom stereocenters. The summed E-state index contributed by atoms with van der Waals surface area (Å²) in [5, 5.41) is 3.82. The topological polar surface area (TPSA) is 15.3 Å². The maximum absolute atomic E-state index is 3.82. The van der Waals surface area contributed by atoms with Crippen molar-refractivity contribution in [1.29, 1.82) is 0 Å². The zero-order valence-corrected chi connectivity index (χ0v) is 14.4. The number of hydrogen-bond donors (Lipinski definition) is 1. The smallest absolute Gasteiger partial charge is 0.0278 e. The molecule has 0 bridgehead atoms. The molecule has 2 aliphatic rings. The minimum absolute atomic E-state index is 0.326. The standard InChI is InChI=1S/C18H36N2/c1-6-15-8-10-16(11-9-15)20-13-18(5,7-2)19-12-17(20)14(3)4/h14-17,19H,6-13H2,1-5H3. The number of nitrogens with zero attached hydrogens (tertiary/aromatic N) is 1. The summed E-state index contributed by atoms with van der Waals surface area (Å²) in [5.41, 5.74) is 0.326. The largest absolute Gasteiger partial charge is 0.309 e. The van der Waals surface area contributed by atoms with E-state index in [1.165, 1.54) is 51.6 Å². The first-order chi connectivity index (χ1) is 9.49. The molecular formula is C18H36N2. The van der Waals surface area contributed by atoms with Crippen LogP contribution >= 0.6 is 0 Å². The second kappa shape index (κ2) is 6.79. The lowest BCUT2D eigenvalue weighted by atomic mass is 9.81. The van der Waals surface area contributed by atoms with Crippen LogP contribution in [0.1, 0.15) is 73.1 Å². The van der Waals surface area contributed by atoms with Crippen LogP contribution in [-0.2, 0) is 0 Å². The van der Waals surface area contributed by atoms with Crippen LogP contribution in [0, 0.1) is 11.8 Å². The third kappa shape index (κ3) is 3.57. The first-order valence-electron chi connectivity index (χ1n) is 9.00. The molecule has 2 heteroatoms. The molecule has 1 saturated carbocycles. The molecule has 2 rings (SSSR count). The number of hydrogen-bond acceptors (Lipinski definition) is 2. The van der Waals surface area contributed by atoms with E-state index in [-0.39, 0.29) is 0 Å². The van der Waals surface area contributed by atoms with Gasteiger partial charge in [0.15, 0.2) is 0 Å². The third-order valence-corrected chi connectivity index (χ3v) is 6.11. The highest BCUT2D eigenvalue weighted by Gasteiger charge is 2.39. The summed E-state index contributed by atoms with van der Waals surface area (Å²) in [7, 11) is 0. The maximum Gasteiger partial charge on any atom is 0.0278 e. The van der Waals surface area contributed by atoms with E-state index in [9.17, 15) is 0 Å². The average Bonchev–Trinajstić information content (AvgIpc) is 2.47. The van der Waals surface area contributed by atoms with Crippen molar-refractivity contribution in [3.63, 3.8) is 0 Å². The summed E-state index contributed by atoms with van der Waals surface area (Å²) >= 11 is 0. The van der Waals surface area contributed by atoms with E-state index in [1.807, 2.05) is 0 Å². The Hall–Kier alpha value is -0.0800. The fraction of sp³-hybridized carbons (Fsp3) is 1.00. The fourth-order valence-electron chi connectivity index (χ4n) is 4.18. The molecule has 1 saturated heterocycles. The Bertz CT molecular complexity index is 294. The zero-order chi connectivity index (χ0) is 14.8. The summed E-state index contributed by atoms with van der Waals surface area (Å²) in [5.74, 6) is 1.76. The van der Waals surface area contributed by atoms with Crippen molar-refractivity contribution in [2.24, 2.45) is 11.8 Å². The van der Waals surface area contributed by atoms with Crippen molar-refractivity contribution in [2.75, 3.05) is 13.1 Å². The molecular weight excluding hydrogens is 244 g/mol. The lowest BCUT2D eigenvalue weighted by Crippen LogP contribution is -2.66. The second-order valence-electron chi connectivity index (χ2n) is 7.86. The van der Waals surface area contributed by atoms with Crippen LogP contribution < -0.4 is 5.32 Å². The summed E-state index contributed by atoms with van der Waals surface area (Å²) in [6.45, 7) is 14.3. The van der Waals surface area contributed by atoms with Crippen molar-refractivity contribution < 1.29 is 0 Å². The maximum atomic E-state index is 3.82. The van der Waals surface area contributed by atoms with Gasteiger partial charge in [0.05, 0.1) is 0 Å². The molecule has 2 nitrogen and oxygen atoms in total. The van der Waals surface area contributed by atoms with Gasteiger partial charge in [-0.05, 0) is 50.9 Å². The fourth-order valence-corrected chi connectivity index (χ4v) is 4.18. The number of rotatable bonds is 4. The highest BCUT2D eigenvalue weighted by Crippen LogP contribution is 2.34. The normalized spacial score (nSPS) is 40.2. The molecule has 2 fully saturated rings. The van der Waals surface area contributed by atoms with Crippen molar-refractivity contribution in [3.8, 4) is 0 Å². The van der Waals surface area contributed by atoms with Crippen LogP contribution in [0.25, 0.3) is 0 Å². The molecule has 1 aliphatic carbocycles. The van der Waals surface area contributed by atoms with Gasteiger partial charge in [0.1, 0.15) is 0 Å². The first-order valence-corrected chi connectivity index (χ1v) is 9.00. The van der Waals surface area contributed by atoms with Gasteiger partial charge in [0.2, 0.25) is 0 Å². The molecule has 118 valence electrons. The monoisotopic (exact) mass is 280 g/mol. The van der Waals surface area contributed by atoms with Crippen LogP contribution in [-0.4, -0.2) is 35.6 Å². The van der Waals surface area contributed by atoms with Gasteiger partial charge in [-0.3, -0.25) is 4.90 Å². The zero-order valence-electron chi connectivity index (χ0n) is 14.4. The first kappa shape index (κ1) is 16.3. The van der Waals surface area contributed by atoms with Crippen LogP contribution in [0.4, 0.5) is 0 Å². The quantitative estimate of drug-likeness (QED) is 0.835. The summed E-state index contributed by atoms with van der Waals surface area (Å²) in [6.07, 6.45) is 8.40. The molecule has 0 aromatic carbocycles. The van der Waals surface area contributed by atoms with E-state index in [4.69, 9.17) is 0 Å². The molecule has 0 spiro atoms. The van der Waals surface area contributed by atoms with Crippen LogP contribution in [0.3, 0.4) is 0 Å².